The van der Waals surface area contributed by atoms with E-state index in [1.807, 2.05) is 25.8 Å². The van der Waals surface area contributed by atoms with Crippen molar-refractivity contribution in [1.29, 1.82) is 0 Å². The number of carbonyl (C=O) groups is 2. The van der Waals surface area contributed by atoms with Crippen LogP contribution >= 0.6 is 0 Å². The van der Waals surface area contributed by atoms with Crippen LogP contribution in [-0.2, 0) is 14.3 Å². The molecule has 0 N–H and O–H groups in total. The first-order chi connectivity index (χ1) is 8.45. The Bertz CT molecular complexity index is 305. The molecule has 1 heterocycles. The van der Waals surface area contributed by atoms with Gasteiger partial charge < -0.3 is 9.64 Å². The number of ether oxygens (including phenoxy) is 1. The van der Waals surface area contributed by atoms with Crippen molar-refractivity contribution in [2.75, 3.05) is 33.8 Å². The lowest BCUT2D eigenvalue weighted by Gasteiger charge is -2.32. The molecule has 18 heavy (non-hydrogen) atoms. The normalized spacial score (nSPS) is 20.8. The summed E-state index contributed by atoms with van der Waals surface area (Å²) in [6, 6.07) is 0.207. The summed E-state index contributed by atoms with van der Waals surface area (Å²) >= 11 is 0. The third-order valence-electron chi connectivity index (χ3n) is 3.57. The number of nitrogens with zero attached hydrogens (tertiary/aromatic N) is 2. The molecule has 0 spiro atoms. The van der Waals surface area contributed by atoms with E-state index in [0.29, 0.717) is 13.1 Å². The molecule has 1 aliphatic heterocycles. The molecule has 0 aromatic heterocycles. The van der Waals surface area contributed by atoms with Crippen LogP contribution in [0, 0.1) is 5.92 Å². The number of likely N-dealkylation sites (N-methyl/N-ethyl adjacent to an activating group) is 1. The fourth-order valence-electron chi connectivity index (χ4n) is 2.15. The van der Waals surface area contributed by atoms with E-state index in [-0.39, 0.29) is 23.8 Å². The summed E-state index contributed by atoms with van der Waals surface area (Å²) in [5, 5.41) is 0. The van der Waals surface area contributed by atoms with Crippen molar-refractivity contribution in [2.45, 2.75) is 32.7 Å². The van der Waals surface area contributed by atoms with Crippen molar-refractivity contribution in [1.82, 2.24) is 9.80 Å². The predicted octanol–water partition coefficient (Wildman–Crippen LogP) is 0.738. The Kier molecular flexibility index (Phi) is 5.59. The van der Waals surface area contributed by atoms with E-state index in [0.717, 1.165) is 19.4 Å². The first-order valence-corrected chi connectivity index (χ1v) is 6.51. The zero-order valence-electron chi connectivity index (χ0n) is 11.8. The number of rotatable bonds is 4. The van der Waals surface area contributed by atoms with E-state index in [9.17, 15) is 9.59 Å². The molecule has 5 nitrogen and oxygen atoms in total. The summed E-state index contributed by atoms with van der Waals surface area (Å²) in [5.74, 6) is -0.138. The Labute approximate surface area is 109 Å². The number of likely N-dealkylation sites (tertiary alicyclic amines) is 1. The number of amides is 1. The molecule has 1 fully saturated rings. The first kappa shape index (κ1) is 15.0. The summed E-state index contributed by atoms with van der Waals surface area (Å²) in [4.78, 5) is 27.2. The van der Waals surface area contributed by atoms with Gasteiger partial charge >= 0.3 is 5.97 Å². The molecule has 1 unspecified atom stereocenters. The molecule has 0 aromatic carbocycles. The van der Waals surface area contributed by atoms with Crippen LogP contribution < -0.4 is 0 Å². The average molecular weight is 256 g/mol. The standard InChI is InChI=1S/C13H24N2O3/c1-10(2)14(3)12(16)9-15-7-5-6-11(8-15)13(17)18-4/h10-11H,5-9H2,1-4H3. The van der Waals surface area contributed by atoms with Gasteiger partial charge in [0.15, 0.2) is 0 Å². The monoisotopic (exact) mass is 256 g/mol. The highest BCUT2D eigenvalue weighted by Crippen LogP contribution is 2.17. The number of esters is 1. The van der Waals surface area contributed by atoms with Crippen LogP contribution in [0.4, 0.5) is 0 Å². The molecule has 0 aliphatic carbocycles. The second-order valence-electron chi connectivity index (χ2n) is 5.20. The number of carbonyl (C=O) groups excluding carboxylic acids is 2. The van der Waals surface area contributed by atoms with E-state index in [1.165, 1.54) is 7.11 Å². The van der Waals surface area contributed by atoms with Crippen LogP contribution in [0.5, 0.6) is 0 Å². The number of methoxy groups -OCH3 is 1. The summed E-state index contributed by atoms with van der Waals surface area (Å²) in [6.07, 6.45) is 1.80. The maximum Gasteiger partial charge on any atom is 0.309 e. The van der Waals surface area contributed by atoms with Gasteiger partial charge in [0.1, 0.15) is 0 Å². The fraction of sp³-hybridized carbons (Fsp3) is 0.846. The van der Waals surface area contributed by atoms with Crippen molar-refractivity contribution in [3.8, 4) is 0 Å². The Morgan fingerprint density at radius 2 is 2.11 bits per heavy atom. The quantitative estimate of drug-likeness (QED) is 0.696. The van der Waals surface area contributed by atoms with Gasteiger partial charge in [0.2, 0.25) is 5.91 Å². The molecule has 1 aliphatic rings. The summed E-state index contributed by atoms with van der Waals surface area (Å²) < 4.78 is 4.77. The van der Waals surface area contributed by atoms with E-state index in [2.05, 4.69) is 0 Å². The molecule has 104 valence electrons. The van der Waals surface area contributed by atoms with Gasteiger partial charge in [0, 0.05) is 19.6 Å². The minimum atomic E-state index is -0.163. The zero-order chi connectivity index (χ0) is 13.7. The zero-order valence-corrected chi connectivity index (χ0v) is 11.8. The molecule has 5 heteroatoms. The Morgan fingerprint density at radius 1 is 1.44 bits per heavy atom. The van der Waals surface area contributed by atoms with Crippen molar-refractivity contribution in [3.05, 3.63) is 0 Å². The van der Waals surface area contributed by atoms with Crippen LogP contribution in [0.3, 0.4) is 0 Å². The third kappa shape index (κ3) is 3.98. The van der Waals surface area contributed by atoms with Gasteiger partial charge in [-0.25, -0.2) is 0 Å². The van der Waals surface area contributed by atoms with Gasteiger partial charge in [0.05, 0.1) is 19.6 Å². The molecule has 0 saturated carbocycles. The van der Waals surface area contributed by atoms with Gasteiger partial charge in [-0.1, -0.05) is 0 Å². The molecule has 1 amide bonds. The molecule has 1 rings (SSSR count). The Morgan fingerprint density at radius 3 is 2.67 bits per heavy atom. The fourth-order valence-corrected chi connectivity index (χ4v) is 2.15. The van der Waals surface area contributed by atoms with Crippen LogP contribution in [0.25, 0.3) is 0 Å². The topological polar surface area (TPSA) is 49.9 Å². The minimum absolute atomic E-state index is 0.0825. The number of piperidine rings is 1. The maximum atomic E-state index is 12.0. The van der Waals surface area contributed by atoms with Gasteiger partial charge in [-0.3, -0.25) is 14.5 Å². The van der Waals surface area contributed by atoms with Crippen molar-refractivity contribution in [3.63, 3.8) is 0 Å². The van der Waals surface area contributed by atoms with Crippen LogP contribution in [0.15, 0.2) is 0 Å². The Hall–Kier alpha value is -1.10. The van der Waals surface area contributed by atoms with Crippen LogP contribution in [-0.4, -0.2) is 61.5 Å². The predicted molar refractivity (Wildman–Crippen MR) is 69.1 cm³/mol. The lowest BCUT2D eigenvalue weighted by Crippen LogP contribution is -2.46. The van der Waals surface area contributed by atoms with E-state index >= 15 is 0 Å². The molecule has 0 radical (unpaired) electrons. The Balaban J connectivity index is 2.47. The molecule has 0 aromatic rings. The maximum absolute atomic E-state index is 12.0. The smallest absolute Gasteiger partial charge is 0.309 e. The minimum Gasteiger partial charge on any atom is -0.469 e. The van der Waals surface area contributed by atoms with Crippen LogP contribution in [0.2, 0.25) is 0 Å². The van der Waals surface area contributed by atoms with E-state index in [1.54, 1.807) is 4.90 Å². The van der Waals surface area contributed by atoms with Crippen LogP contribution in [0.1, 0.15) is 26.7 Å². The second-order valence-corrected chi connectivity index (χ2v) is 5.20. The first-order valence-electron chi connectivity index (χ1n) is 6.51. The molecule has 0 bridgehead atoms. The molecule has 1 atom stereocenters. The van der Waals surface area contributed by atoms with Gasteiger partial charge in [-0.2, -0.15) is 0 Å². The van der Waals surface area contributed by atoms with Crippen molar-refractivity contribution < 1.29 is 14.3 Å². The second kappa shape index (κ2) is 6.73. The summed E-state index contributed by atoms with van der Waals surface area (Å²) in [7, 11) is 3.23. The van der Waals surface area contributed by atoms with Gasteiger partial charge in [-0.15, -0.1) is 0 Å². The van der Waals surface area contributed by atoms with E-state index in [4.69, 9.17) is 4.74 Å². The third-order valence-corrected chi connectivity index (χ3v) is 3.57. The lowest BCUT2D eigenvalue weighted by molar-refractivity contribution is -0.148. The average Bonchev–Trinajstić information content (AvgIpc) is 2.36. The SMILES string of the molecule is COC(=O)C1CCCN(CC(=O)N(C)C(C)C)C1. The van der Waals surface area contributed by atoms with E-state index < -0.39 is 0 Å². The molecular formula is C13H24N2O3. The number of hydrogen-bond donors (Lipinski definition) is 0. The lowest BCUT2D eigenvalue weighted by atomic mass is 9.98. The summed E-state index contributed by atoms with van der Waals surface area (Å²) in [5.41, 5.74) is 0. The van der Waals surface area contributed by atoms with Crippen molar-refractivity contribution >= 4 is 11.9 Å². The van der Waals surface area contributed by atoms with Crippen molar-refractivity contribution in [2.24, 2.45) is 5.92 Å². The largest absolute Gasteiger partial charge is 0.469 e. The summed E-state index contributed by atoms with van der Waals surface area (Å²) in [6.45, 7) is 5.88. The molecular weight excluding hydrogens is 232 g/mol. The van der Waals surface area contributed by atoms with Gasteiger partial charge in [0.25, 0.3) is 0 Å². The molecule has 1 saturated heterocycles. The highest BCUT2D eigenvalue weighted by atomic mass is 16.5. The highest BCUT2D eigenvalue weighted by molar-refractivity contribution is 5.78. The number of hydrogen-bond acceptors (Lipinski definition) is 4. The highest BCUT2D eigenvalue weighted by Gasteiger charge is 2.28. The van der Waals surface area contributed by atoms with Gasteiger partial charge in [-0.05, 0) is 33.2 Å².